The van der Waals surface area contributed by atoms with Crippen LogP contribution in [0, 0.1) is 5.82 Å². The molecule has 1 aliphatic rings. The molecule has 1 fully saturated rings. The zero-order valence-corrected chi connectivity index (χ0v) is 21.7. The van der Waals surface area contributed by atoms with Crippen LogP contribution < -0.4 is 4.74 Å². The van der Waals surface area contributed by atoms with Crippen molar-refractivity contribution < 1.29 is 14.2 Å². The zero-order chi connectivity index (χ0) is 27.1. The van der Waals surface area contributed by atoms with Crippen molar-refractivity contribution in [1.82, 2.24) is 30.0 Å². The molecule has 4 aromatic heterocycles. The van der Waals surface area contributed by atoms with Gasteiger partial charge in [0.05, 0.1) is 17.4 Å². The first-order valence-electron chi connectivity index (χ1n) is 13.4. The highest BCUT2D eigenvalue weighted by molar-refractivity contribution is 6.00. The maximum absolute atomic E-state index is 14.7. The molecule has 0 spiro atoms. The molecule has 6 aromatic rings. The lowest BCUT2D eigenvalue weighted by molar-refractivity contribution is 0.237. The predicted molar refractivity (Wildman–Crippen MR) is 153 cm³/mol. The third kappa shape index (κ3) is 4.65. The molecule has 5 heterocycles. The molecule has 0 saturated carbocycles. The Bertz CT molecular complexity index is 1840. The summed E-state index contributed by atoms with van der Waals surface area (Å²) in [6.07, 6.45) is 7.29. The van der Waals surface area contributed by atoms with Crippen molar-refractivity contribution in [3.63, 3.8) is 0 Å². The molecule has 2 aromatic carbocycles. The van der Waals surface area contributed by atoms with Gasteiger partial charge < -0.3 is 14.8 Å². The summed E-state index contributed by atoms with van der Waals surface area (Å²) in [6.45, 7) is 3.56. The second-order valence-corrected chi connectivity index (χ2v) is 10.1. The number of nitrogens with one attached hydrogen (secondary N) is 2. The van der Waals surface area contributed by atoms with Gasteiger partial charge in [0.2, 0.25) is 0 Å². The van der Waals surface area contributed by atoms with Crippen molar-refractivity contribution in [2.24, 2.45) is 0 Å². The van der Waals surface area contributed by atoms with Crippen molar-refractivity contribution >= 4 is 21.9 Å². The number of hydrogen-bond donors (Lipinski definition) is 3. The smallest absolute Gasteiger partial charge is 0.138 e. The van der Waals surface area contributed by atoms with Crippen LogP contribution in [0.3, 0.4) is 0 Å². The monoisotopic (exact) mass is 534 g/mol. The number of nitrogens with zero attached hydrogens (tertiary/aromatic N) is 4. The maximum atomic E-state index is 14.7. The molecule has 0 radical (unpaired) electrons. The lowest BCUT2D eigenvalue weighted by Crippen LogP contribution is -2.25. The number of rotatable bonds is 7. The third-order valence-corrected chi connectivity index (χ3v) is 7.46. The zero-order valence-electron chi connectivity index (χ0n) is 21.7. The summed E-state index contributed by atoms with van der Waals surface area (Å²) >= 11 is 0. The second kappa shape index (κ2) is 10.1. The van der Waals surface area contributed by atoms with E-state index in [4.69, 9.17) is 4.74 Å². The Hall–Kier alpha value is -4.76. The van der Waals surface area contributed by atoms with Crippen LogP contribution in [0.2, 0.25) is 0 Å². The number of aromatic amines is 2. The van der Waals surface area contributed by atoms with Gasteiger partial charge in [0.1, 0.15) is 35.3 Å². The second-order valence-electron chi connectivity index (χ2n) is 10.1. The van der Waals surface area contributed by atoms with Crippen molar-refractivity contribution in [1.29, 1.82) is 0 Å². The van der Waals surface area contributed by atoms with Gasteiger partial charge in [-0.3, -0.25) is 15.0 Å². The largest absolute Gasteiger partial charge is 0.506 e. The molecule has 0 aliphatic carbocycles. The lowest BCUT2D eigenvalue weighted by Gasteiger charge is -2.15. The Labute approximate surface area is 229 Å². The van der Waals surface area contributed by atoms with E-state index >= 15 is 0 Å². The van der Waals surface area contributed by atoms with E-state index in [0.29, 0.717) is 18.0 Å². The fourth-order valence-corrected chi connectivity index (χ4v) is 5.49. The van der Waals surface area contributed by atoms with E-state index in [2.05, 4.69) is 30.0 Å². The van der Waals surface area contributed by atoms with Crippen molar-refractivity contribution in [3.05, 3.63) is 79.0 Å². The third-order valence-electron chi connectivity index (χ3n) is 7.46. The van der Waals surface area contributed by atoms with Gasteiger partial charge >= 0.3 is 0 Å². The number of hydrogen-bond acceptors (Lipinski definition) is 6. The number of ether oxygens (including phenoxy) is 1. The first kappa shape index (κ1) is 24.3. The Kier molecular flexibility index (Phi) is 6.13. The summed E-state index contributed by atoms with van der Waals surface area (Å²) in [5, 5.41) is 19.3. The number of benzene rings is 2. The van der Waals surface area contributed by atoms with E-state index in [-0.39, 0.29) is 11.6 Å². The van der Waals surface area contributed by atoms with E-state index in [9.17, 15) is 9.50 Å². The minimum absolute atomic E-state index is 0.108. The highest BCUT2D eigenvalue weighted by atomic mass is 19.1. The number of aromatic hydroxyl groups is 1. The molecule has 3 N–H and O–H groups in total. The molecule has 8 nitrogen and oxygen atoms in total. The van der Waals surface area contributed by atoms with Gasteiger partial charge in [-0.2, -0.15) is 5.10 Å². The summed E-state index contributed by atoms with van der Waals surface area (Å²) in [4.78, 5) is 14.4. The summed E-state index contributed by atoms with van der Waals surface area (Å²) in [5.41, 5.74) is 6.36. The quantitative estimate of drug-likeness (QED) is 0.227. The molecule has 9 heteroatoms. The number of H-pyrrole nitrogens is 2. The summed E-state index contributed by atoms with van der Waals surface area (Å²) in [6, 6.07) is 16.3. The summed E-state index contributed by atoms with van der Waals surface area (Å²) in [5.74, 6) is 0.278. The van der Waals surface area contributed by atoms with Crippen LogP contribution >= 0.6 is 0 Å². The molecule has 1 saturated heterocycles. The summed E-state index contributed by atoms with van der Waals surface area (Å²) < 4.78 is 20.7. The minimum Gasteiger partial charge on any atom is -0.506 e. The van der Waals surface area contributed by atoms with Gasteiger partial charge in [-0.05, 0) is 85.1 Å². The van der Waals surface area contributed by atoms with E-state index in [1.807, 2.05) is 36.4 Å². The minimum atomic E-state index is -0.346. The molecule has 0 atom stereocenters. The van der Waals surface area contributed by atoms with Crippen LogP contribution in [0.15, 0.2) is 73.2 Å². The average Bonchev–Trinajstić information content (AvgIpc) is 3.72. The Morgan fingerprint density at radius 2 is 1.82 bits per heavy atom. The average molecular weight is 535 g/mol. The first-order chi connectivity index (χ1) is 19.6. The van der Waals surface area contributed by atoms with Crippen LogP contribution in [0.1, 0.15) is 12.8 Å². The molecule has 200 valence electrons. The molecule has 0 bridgehead atoms. The van der Waals surface area contributed by atoms with E-state index in [0.717, 1.165) is 69.6 Å². The van der Waals surface area contributed by atoms with Crippen LogP contribution in [0.4, 0.5) is 4.39 Å². The van der Waals surface area contributed by atoms with Gasteiger partial charge in [-0.25, -0.2) is 9.37 Å². The number of likely N-dealkylation sites (tertiary alicyclic amines) is 1. The highest BCUT2D eigenvalue weighted by Crippen LogP contribution is 2.36. The number of aromatic nitrogens is 5. The van der Waals surface area contributed by atoms with Crippen molar-refractivity contribution in [2.45, 2.75) is 12.8 Å². The van der Waals surface area contributed by atoms with Gasteiger partial charge in [-0.1, -0.05) is 6.07 Å². The van der Waals surface area contributed by atoms with Crippen LogP contribution in [-0.4, -0.2) is 61.4 Å². The molecule has 40 heavy (non-hydrogen) atoms. The van der Waals surface area contributed by atoms with Crippen LogP contribution in [0.25, 0.3) is 55.6 Å². The van der Waals surface area contributed by atoms with Crippen molar-refractivity contribution in [2.75, 3.05) is 26.2 Å². The molecule has 0 amide bonds. The molecular formula is C31H27FN6O2. The van der Waals surface area contributed by atoms with Crippen molar-refractivity contribution in [3.8, 4) is 45.1 Å². The van der Waals surface area contributed by atoms with Crippen LogP contribution in [-0.2, 0) is 0 Å². The van der Waals surface area contributed by atoms with Gasteiger partial charge in [0, 0.05) is 41.3 Å². The Morgan fingerprint density at radius 1 is 0.925 bits per heavy atom. The fraction of sp³-hybridized carbons (Fsp3) is 0.194. The number of pyridine rings is 2. The van der Waals surface area contributed by atoms with Gasteiger partial charge in [0.15, 0.2) is 0 Å². The molecule has 1 aliphatic heterocycles. The fourth-order valence-electron chi connectivity index (χ4n) is 5.49. The SMILES string of the molecule is Oc1cncc(-c2ccc3[nH]nc(-c4cc5c(-c6cc(F)cc(OCCN7CCCC7)c6)ccnc5[nH]4)c3c2)c1. The normalized spacial score (nSPS) is 13.9. The maximum Gasteiger partial charge on any atom is 0.138 e. The van der Waals surface area contributed by atoms with Gasteiger partial charge in [-0.15, -0.1) is 0 Å². The van der Waals surface area contributed by atoms with Gasteiger partial charge in [0.25, 0.3) is 0 Å². The molecule has 7 rings (SSSR count). The van der Waals surface area contributed by atoms with E-state index in [1.165, 1.54) is 31.2 Å². The topological polar surface area (TPSA) is 103 Å². The Morgan fingerprint density at radius 3 is 2.70 bits per heavy atom. The van der Waals surface area contributed by atoms with E-state index < -0.39 is 0 Å². The summed E-state index contributed by atoms with van der Waals surface area (Å²) in [7, 11) is 0. The number of halogens is 1. The predicted octanol–water partition coefficient (Wildman–Crippen LogP) is 6.15. The van der Waals surface area contributed by atoms with Crippen LogP contribution in [0.5, 0.6) is 11.5 Å². The molecular weight excluding hydrogens is 507 g/mol. The molecule has 0 unspecified atom stereocenters. The standard InChI is InChI=1S/C31H27FN6O2/c32-22-11-20(13-24(15-22)40-10-9-38-7-1-2-8-38)25-5-6-34-31-26(25)16-29(35-31)30-27-14-19(3-4-28(27)36-37-30)21-12-23(39)18-33-17-21/h3-6,11-18,39H,1-2,7-10H2,(H,34,35)(H,36,37). The number of fused-ring (bicyclic) bond motifs is 2. The highest BCUT2D eigenvalue weighted by Gasteiger charge is 2.16. The lowest BCUT2D eigenvalue weighted by atomic mass is 10.0. The Balaban J connectivity index is 1.23. The van der Waals surface area contributed by atoms with E-state index in [1.54, 1.807) is 18.5 Å². The first-order valence-corrected chi connectivity index (χ1v) is 13.4.